The van der Waals surface area contributed by atoms with Crippen LogP contribution in [-0.2, 0) is 27.2 Å². The van der Waals surface area contributed by atoms with Gasteiger partial charge in [-0.3, -0.25) is 9.59 Å². The number of primary amides is 1. The summed E-state index contributed by atoms with van der Waals surface area (Å²) < 4.78 is 5.13. The largest absolute Gasteiger partial charge is 0.449 e. The molecule has 7 heteroatoms. The molecule has 0 aliphatic heterocycles. The molecule has 0 radical (unpaired) electrons. The Morgan fingerprint density at radius 1 is 1.26 bits per heavy atom. The monoisotopic (exact) mass is 338 g/mol. The maximum atomic E-state index is 12.4. The number of fused-ring (bicyclic) bond motifs is 1. The molecule has 0 unspecified atom stereocenters. The van der Waals surface area contributed by atoms with Crippen molar-refractivity contribution in [3.05, 3.63) is 16.0 Å². The minimum Gasteiger partial charge on any atom is -0.449 e. The van der Waals surface area contributed by atoms with E-state index < -0.39 is 18.0 Å². The first-order valence-electron chi connectivity index (χ1n) is 7.74. The van der Waals surface area contributed by atoms with Gasteiger partial charge >= 0.3 is 5.97 Å². The van der Waals surface area contributed by atoms with Crippen molar-refractivity contribution < 1.29 is 19.1 Å². The van der Waals surface area contributed by atoms with Gasteiger partial charge in [0.2, 0.25) is 5.91 Å². The van der Waals surface area contributed by atoms with Crippen molar-refractivity contribution >= 4 is 34.1 Å². The topological polar surface area (TPSA) is 98.5 Å². The number of hydrogen-bond acceptors (Lipinski definition) is 5. The third-order valence-corrected chi connectivity index (χ3v) is 4.86. The van der Waals surface area contributed by atoms with Crippen LogP contribution in [0.3, 0.4) is 0 Å². The number of esters is 1. The quantitative estimate of drug-likeness (QED) is 0.777. The summed E-state index contributed by atoms with van der Waals surface area (Å²) in [7, 11) is 0. The van der Waals surface area contributed by atoms with Crippen molar-refractivity contribution in [3.63, 3.8) is 0 Å². The number of nitrogens with two attached hydrogens (primary N) is 1. The molecular formula is C16H22N2O4S. The van der Waals surface area contributed by atoms with Crippen LogP contribution in [0.1, 0.15) is 54.4 Å². The molecule has 6 nitrogen and oxygen atoms in total. The van der Waals surface area contributed by atoms with E-state index in [-0.39, 0.29) is 11.8 Å². The van der Waals surface area contributed by atoms with Crippen molar-refractivity contribution in [2.24, 2.45) is 11.7 Å². The second-order valence-corrected chi connectivity index (χ2v) is 7.26. The first kappa shape index (κ1) is 17.5. The summed E-state index contributed by atoms with van der Waals surface area (Å²) in [6.45, 7) is 5.35. The van der Waals surface area contributed by atoms with E-state index in [0.717, 1.165) is 29.7 Å². The predicted molar refractivity (Wildman–Crippen MR) is 88.5 cm³/mol. The molecular weight excluding hydrogens is 316 g/mol. The molecule has 126 valence electrons. The van der Waals surface area contributed by atoms with Gasteiger partial charge in [0.25, 0.3) is 5.91 Å². The van der Waals surface area contributed by atoms with Crippen LogP contribution in [0, 0.1) is 5.92 Å². The summed E-state index contributed by atoms with van der Waals surface area (Å²) in [5, 5.41) is 3.33. The van der Waals surface area contributed by atoms with Crippen molar-refractivity contribution in [1.29, 1.82) is 0 Å². The lowest BCUT2D eigenvalue weighted by Gasteiger charge is -2.12. The van der Waals surface area contributed by atoms with Crippen LogP contribution >= 0.6 is 11.3 Å². The SMILES string of the molecule is CC(C)CC(=O)Nc1sc2c(c1C(=O)O[C@H](C)C(N)=O)CCC2. The van der Waals surface area contributed by atoms with Crippen molar-refractivity contribution in [2.45, 2.75) is 52.6 Å². The summed E-state index contributed by atoms with van der Waals surface area (Å²) in [6, 6.07) is 0. The number of rotatable bonds is 6. The lowest BCUT2D eigenvalue weighted by Crippen LogP contribution is -2.30. The summed E-state index contributed by atoms with van der Waals surface area (Å²) in [5.41, 5.74) is 6.45. The van der Waals surface area contributed by atoms with Gasteiger partial charge in [0.15, 0.2) is 6.10 Å². The molecule has 0 bridgehead atoms. The number of hydrogen-bond donors (Lipinski definition) is 2. The molecule has 0 fully saturated rings. The molecule has 1 atom stereocenters. The van der Waals surface area contributed by atoms with Gasteiger partial charge < -0.3 is 15.8 Å². The summed E-state index contributed by atoms with van der Waals surface area (Å²) in [4.78, 5) is 36.7. The zero-order chi connectivity index (χ0) is 17.1. The molecule has 1 aromatic rings. The number of carbonyl (C=O) groups excluding carboxylic acids is 3. The molecule has 0 saturated carbocycles. The molecule has 1 heterocycles. The number of thiophene rings is 1. The molecule has 0 aromatic carbocycles. The minimum absolute atomic E-state index is 0.128. The Labute approximate surface area is 139 Å². The Hall–Kier alpha value is -1.89. The summed E-state index contributed by atoms with van der Waals surface area (Å²) >= 11 is 1.42. The Kier molecular flexibility index (Phi) is 5.41. The van der Waals surface area contributed by atoms with Crippen LogP contribution in [0.15, 0.2) is 0 Å². The highest BCUT2D eigenvalue weighted by molar-refractivity contribution is 7.17. The third-order valence-electron chi connectivity index (χ3n) is 3.66. The standard InChI is InChI=1S/C16H22N2O4S/c1-8(2)7-12(19)18-15-13(10-5-4-6-11(10)23-15)16(21)22-9(3)14(17)20/h8-9H,4-7H2,1-3H3,(H2,17,20)(H,18,19)/t9-/m1/s1. The molecule has 1 aromatic heterocycles. The van der Waals surface area contributed by atoms with E-state index in [1.54, 1.807) is 0 Å². The molecule has 2 rings (SSSR count). The number of amides is 2. The second-order valence-electron chi connectivity index (χ2n) is 6.16. The van der Waals surface area contributed by atoms with E-state index in [1.165, 1.54) is 18.3 Å². The smallest absolute Gasteiger partial charge is 0.342 e. The number of anilines is 1. The van der Waals surface area contributed by atoms with E-state index >= 15 is 0 Å². The molecule has 0 saturated heterocycles. The van der Waals surface area contributed by atoms with Crippen LogP contribution < -0.4 is 11.1 Å². The van der Waals surface area contributed by atoms with Crippen LogP contribution in [0.2, 0.25) is 0 Å². The van der Waals surface area contributed by atoms with E-state index in [1.807, 2.05) is 13.8 Å². The Bertz CT molecular complexity index is 636. The number of carbonyl (C=O) groups is 3. The van der Waals surface area contributed by atoms with Gasteiger partial charge in [-0.2, -0.15) is 0 Å². The Morgan fingerprint density at radius 3 is 2.57 bits per heavy atom. The average molecular weight is 338 g/mol. The average Bonchev–Trinajstić information content (AvgIpc) is 2.96. The first-order chi connectivity index (χ1) is 10.8. The van der Waals surface area contributed by atoms with Crippen LogP contribution in [-0.4, -0.2) is 23.9 Å². The predicted octanol–water partition coefficient (Wildman–Crippen LogP) is 2.25. The molecule has 23 heavy (non-hydrogen) atoms. The highest BCUT2D eigenvalue weighted by Crippen LogP contribution is 2.39. The van der Waals surface area contributed by atoms with Crippen molar-refractivity contribution in [1.82, 2.24) is 0 Å². The van der Waals surface area contributed by atoms with Gasteiger partial charge in [-0.05, 0) is 37.7 Å². The zero-order valence-electron chi connectivity index (χ0n) is 13.6. The van der Waals surface area contributed by atoms with Crippen molar-refractivity contribution in [3.8, 4) is 0 Å². The minimum atomic E-state index is -1.00. The van der Waals surface area contributed by atoms with E-state index in [2.05, 4.69) is 5.32 Å². The van der Waals surface area contributed by atoms with Crippen LogP contribution in [0.25, 0.3) is 0 Å². The zero-order valence-corrected chi connectivity index (χ0v) is 14.4. The number of aryl methyl sites for hydroxylation is 1. The second kappa shape index (κ2) is 7.12. The van der Waals surface area contributed by atoms with Gasteiger partial charge in [0, 0.05) is 11.3 Å². The highest BCUT2D eigenvalue weighted by Gasteiger charge is 2.30. The third kappa shape index (κ3) is 4.10. The van der Waals surface area contributed by atoms with E-state index in [0.29, 0.717) is 17.0 Å². The van der Waals surface area contributed by atoms with E-state index in [4.69, 9.17) is 10.5 Å². The number of ether oxygens (including phenoxy) is 1. The maximum Gasteiger partial charge on any atom is 0.342 e. The normalized spacial score (nSPS) is 14.4. The van der Waals surface area contributed by atoms with Crippen LogP contribution in [0.5, 0.6) is 0 Å². The lowest BCUT2D eigenvalue weighted by molar-refractivity contribution is -0.125. The van der Waals surface area contributed by atoms with E-state index in [9.17, 15) is 14.4 Å². The Balaban J connectivity index is 2.24. The first-order valence-corrected chi connectivity index (χ1v) is 8.56. The fourth-order valence-corrected chi connectivity index (χ4v) is 3.83. The van der Waals surface area contributed by atoms with Gasteiger partial charge in [0.1, 0.15) is 5.00 Å². The number of nitrogens with one attached hydrogen (secondary N) is 1. The highest BCUT2D eigenvalue weighted by atomic mass is 32.1. The Morgan fingerprint density at radius 2 is 1.96 bits per heavy atom. The van der Waals surface area contributed by atoms with Gasteiger partial charge in [0.05, 0.1) is 5.56 Å². The molecule has 1 aliphatic rings. The van der Waals surface area contributed by atoms with Gasteiger partial charge in [-0.25, -0.2) is 4.79 Å². The molecule has 2 amide bonds. The summed E-state index contributed by atoms with van der Waals surface area (Å²) in [5.74, 6) is -1.20. The van der Waals surface area contributed by atoms with Crippen LogP contribution in [0.4, 0.5) is 5.00 Å². The van der Waals surface area contributed by atoms with Gasteiger partial charge in [-0.15, -0.1) is 11.3 Å². The molecule has 1 aliphatic carbocycles. The fraction of sp³-hybridized carbons (Fsp3) is 0.562. The molecule has 3 N–H and O–H groups in total. The van der Waals surface area contributed by atoms with Gasteiger partial charge in [-0.1, -0.05) is 13.8 Å². The fourth-order valence-electron chi connectivity index (χ4n) is 2.53. The van der Waals surface area contributed by atoms with Crippen molar-refractivity contribution in [2.75, 3.05) is 5.32 Å². The maximum absolute atomic E-state index is 12.4. The molecule has 0 spiro atoms. The summed E-state index contributed by atoms with van der Waals surface area (Å²) in [6.07, 6.45) is 2.04. The lowest BCUT2D eigenvalue weighted by atomic mass is 10.1.